The lowest BCUT2D eigenvalue weighted by Crippen LogP contribution is -2.40. The summed E-state index contributed by atoms with van der Waals surface area (Å²) >= 11 is 0. The molecule has 2 nitrogen and oxygen atoms in total. The Morgan fingerprint density at radius 3 is 2.53 bits per heavy atom. The summed E-state index contributed by atoms with van der Waals surface area (Å²) in [5.74, 6) is 3.38. The molecule has 0 spiro atoms. The Morgan fingerprint density at radius 1 is 1.20 bits per heavy atom. The third kappa shape index (κ3) is 1.79. The summed E-state index contributed by atoms with van der Waals surface area (Å²) in [7, 11) is 0. The summed E-state index contributed by atoms with van der Waals surface area (Å²) in [6, 6.07) is 0.424. The van der Waals surface area contributed by atoms with Gasteiger partial charge in [-0.25, -0.2) is 0 Å². The molecule has 0 aromatic heterocycles. The minimum Gasteiger partial charge on any atom is -0.353 e. The quantitative estimate of drug-likeness (QED) is 0.756. The van der Waals surface area contributed by atoms with Crippen molar-refractivity contribution in [1.29, 1.82) is 0 Å². The number of carbonyl (C=O) groups is 1. The van der Waals surface area contributed by atoms with Crippen LogP contribution in [0.1, 0.15) is 45.4 Å². The Kier molecular flexibility index (Phi) is 2.26. The van der Waals surface area contributed by atoms with Crippen LogP contribution in [0, 0.1) is 23.7 Å². The van der Waals surface area contributed by atoms with Crippen LogP contribution in [0.3, 0.4) is 0 Å². The maximum Gasteiger partial charge on any atom is 0.223 e. The molecule has 3 fully saturated rings. The fourth-order valence-electron chi connectivity index (χ4n) is 3.70. The molecular formula is C13H21NO. The number of nitrogens with one attached hydrogen (secondary N) is 1. The van der Waals surface area contributed by atoms with Gasteiger partial charge < -0.3 is 5.32 Å². The SMILES string of the molecule is C[C@@H](NC(=O)C1CC1)[C@H]1C[C@H]2CC[C@H]1C2. The largest absolute Gasteiger partial charge is 0.353 e. The van der Waals surface area contributed by atoms with Crippen molar-refractivity contribution in [1.82, 2.24) is 5.32 Å². The Labute approximate surface area is 91.8 Å². The molecule has 3 saturated carbocycles. The van der Waals surface area contributed by atoms with Crippen LogP contribution in [-0.4, -0.2) is 11.9 Å². The minimum atomic E-state index is 0.324. The van der Waals surface area contributed by atoms with Gasteiger partial charge in [-0.1, -0.05) is 6.42 Å². The van der Waals surface area contributed by atoms with Crippen molar-refractivity contribution < 1.29 is 4.79 Å². The molecule has 2 bridgehead atoms. The average molecular weight is 207 g/mol. The highest BCUT2D eigenvalue weighted by Gasteiger charge is 2.42. The molecule has 1 N–H and O–H groups in total. The molecule has 15 heavy (non-hydrogen) atoms. The van der Waals surface area contributed by atoms with E-state index in [9.17, 15) is 4.79 Å². The second-order valence-electron chi connectivity index (χ2n) is 5.91. The highest BCUT2D eigenvalue weighted by molar-refractivity contribution is 5.81. The summed E-state index contributed by atoms with van der Waals surface area (Å²) < 4.78 is 0. The van der Waals surface area contributed by atoms with Gasteiger partial charge in [0.25, 0.3) is 0 Å². The van der Waals surface area contributed by atoms with Crippen LogP contribution in [0.2, 0.25) is 0 Å². The predicted molar refractivity (Wildman–Crippen MR) is 59.3 cm³/mol. The second kappa shape index (κ2) is 3.50. The third-order valence-corrected chi connectivity index (χ3v) is 4.75. The van der Waals surface area contributed by atoms with E-state index < -0.39 is 0 Å². The van der Waals surface area contributed by atoms with Crippen molar-refractivity contribution in [2.75, 3.05) is 0 Å². The van der Waals surface area contributed by atoms with E-state index >= 15 is 0 Å². The van der Waals surface area contributed by atoms with Gasteiger partial charge in [-0.15, -0.1) is 0 Å². The Morgan fingerprint density at radius 2 is 2.00 bits per heavy atom. The molecule has 1 amide bonds. The van der Waals surface area contributed by atoms with Gasteiger partial charge in [0.1, 0.15) is 0 Å². The van der Waals surface area contributed by atoms with Crippen LogP contribution in [0.15, 0.2) is 0 Å². The van der Waals surface area contributed by atoms with Crippen molar-refractivity contribution in [2.24, 2.45) is 23.7 Å². The Bertz CT molecular complexity index is 272. The summed E-state index contributed by atoms with van der Waals surface area (Å²) in [6.07, 6.45) is 7.92. The number of hydrogen-bond donors (Lipinski definition) is 1. The molecule has 2 heteroatoms. The highest BCUT2D eigenvalue weighted by atomic mass is 16.2. The Balaban J connectivity index is 1.55. The van der Waals surface area contributed by atoms with E-state index in [-0.39, 0.29) is 0 Å². The first kappa shape index (κ1) is 9.68. The third-order valence-electron chi connectivity index (χ3n) is 4.75. The van der Waals surface area contributed by atoms with E-state index in [2.05, 4.69) is 12.2 Å². The molecule has 0 unspecified atom stereocenters. The monoisotopic (exact) mass is 207 g/mol. The van der Waals surface area contributed by atoms with E-state index in [1.165, 1.54) is 25.7 Å². The van der Waals surface area contributed by atoms with Gasteiger partial charge in [0.2, 0.25) is 5.91 Å². The summed E-state index contributed by atoms with van der Waals surface area (Å²) in [5, 5.41) is 3.23. The molecule has 0 aliphatic heterocycles. The normalized spacial score (nSPS) is 40.5. The summed E-state index contributed by atoms with van der Waals surface area (Å²) in [4.78, 5) is 11.7. The lowest BCUT2D eigenvalue weighted by Gasteiger charge is -2.28. The summed E-state index contributed by atoms with van der Waals surface area (Å²) in [6.45, 7) is 2.21. The van der Waals surface area contributed by atoms with Crippen molar-refractivity contribution in [2.45, 2.75) is 51.5 Å². The molecule has 84 valence electrons. The van der Waals surface area contributed by atoms with E-state index in [1.54, 1.807) is 0 Å². The van der Waals surface area contributed by atoms with Crippen LogP contribution in [-0.2, 0) is 4.79 Å². The molecule has 0 aromatic carbocycles. The van der Waals surface area contributed by atoms with E-state index in [1.807, 2.05) is 0 Å². The van der Waals surface area contributed by atoms with Gasteiger partial charge in [0.15, 0.2) is 0 Å². The summed E-state index contributed by atoms with van der Waals surface area (Å²) in [5.41, 5.74) is 0. The van der Waals surface area contributed by atoms with Crippen molar-refractivity contribution in [3.8, 4) is 0 Å². The van der Waals surface area contributed by atoms with Gasteiger partial charge in [-0.05, 0) is 56.8 Å². The standard InChI is InChI=1S/C13H21NO/c1-8(14-13(15)10-4-5-10)12-7-9-2-3-11(12)6-9/h8-12H,2-7H2,1H3,(H,14,15)/t8-,9+,11+,12-/m1/s1. The number of fused-ring (bicyclic) bond motifs is 2. The highest BCUT2D eigenvalue weighted by Crippen LogP contribution is 2.49. The first-order valence-electron chi connectivity index (χ1n) is 6.54. The van der Waals surface area contributed by atoms with Gasteiger partial charge in [-0.3, -0.25) is 4.79 Å². The zero-order valence-electron chi connectivity index (χ0n) is 9.54. The fraction of sp³-hybridized carbons (Fsp3) is 0.923. The lowest BCUT2D eigenvalue weighted by molar-refractivity contribution is -0.123. The number of carbonyl (C=O) groups excluding carboxylic acids is 1. The van der Waals surface area contributed by atoms with Gasteiger partial charge in [-0.2, -0.15) is 0 Å². The number of rotatable bonds is 3. The van der Waals surface area contributed by atoms with E-state index in [0.29, 0.717) is 17.9 Å². The second-order valence-corrected chi connectivity index (χ2v) is 5.91. The van der Waals surface area contributed by atoms with Crippen molar-refractivity contribution >= 4 is 5.91 Å². The first-order chi connectivity index (χ1) is 7.24. The smallest absolute Gasteiger partial charge is 0.223 e. The van der Waals surface area contributed by atoms with Crippen molar-refractivity contribution in [3.05, 3.63) is 0 Å². The molecule has 0 saturated heterocycles. The van der Waals surface area contributed by atoms with E-state index in [0.717, 1.165) is 30.6 Å². The maximum atomic E-state index is 11.7. The molecule has 0 radical (unpaired) electrons. The first-order valence-corrected chi connectivity index (χ1v) is 6.54. The zero-order chi connectivity index (χ0) is 10.4. The van der Waals surface area contributed by atoms with Crippen LogP contribution >= 0.6 is 0 Å². The van der Waals surface area contributed by atoms with Gasteiger partial charge >= 0.3 is 0 Å². The molecule has 0 heterocycles. The van der Waals surface area contributed by atoms with Crippen LogP contribution in [0.4, 0.5) is 0 Å². The molecule has 3 rings (SSSR count). The average Bonchev–Trinajstić information content (AvgIpc) is 2.87. The van der Waals surface area contributed by atoms with Crippen molar-refractivity contribution in [3.63, 3.8) is 0 Å². The van der Waals surface area contributed by atoms with E-state index in [4.69, 9.17) is 0 Å². The maximum absolute atomic E-state index is 11.7. The molecule has 4 atom stereocenters. The minimum absolute atomic E-state index is 0.324. The molecule has 0 aromatic rings. The Hall–Kier alpha value is -0.530. The zero-order valence-corrected chi connectivity index (χ0v) is 9.54. The van der Waals surface area contributed by atoms with Crippen LogP contribution in [0.5, 0.6) is 0 Å². The van der Waals surface area contributed by atoms with Crippen LogP contribution < -0.4 is 5.32 Å². The number of amides is 1. The fourth-order valence-corrected chi connectivity index (χ4v) is 3.70. The molecule has 3 aliphatic rings. The van der Waals surface area contributed by atoms with Gasteiger partial charge in [0, 0.05) is 12.0 Å². The topological polar surface area (TPSA) is 29.1 Å². The van der Waals surface area contributed by atoms with Crippen LogP contribution in [0.25, 0.3) is 0 Å². The molecule has 3 aliphatic carbocycles. The number of hydrogen-bond acceptors (Lipinski definition) is 1. The predicted octanol–water partition coefficient (Wildman–Crippen LogP) is 2.34. The molecular weight excluding hydrogens is 186 g/mol. The lowest BCUT2D eigenvalue weighted by atomic mass is 9.84. The van der Waals surface area contributed by atoms with Gasteiger partial charge in [0.05, 0.1) is 0 Å².